The standard InChI is InChI=1S/C70H46N2/c1-6-23-47(24-7-1)68-71-65(46-66(72-68)60-37-22-40-63-67(60)59-36-19-21-39-62(59)69(63,49-25-8-2-9-26-49)50-27-10-3-11-28-50)58-44-43-53(54-33-16-17-34-55(54)58)48-41-42-57-56-35-18-20-38-61(56)70(64(57)45-48,51-29-12-4-13-30-51)52-31-14-5-15-32-52/h1-46H. The SMILES string of the molecule is c1ccc(-c2nc(-c3cccc4c3-c3ccccc3C4(c3ccccc3)c3ccccc3)cc(-c3ccc(-c4ccc5c(c4)C(c4ccccc4)(c4ccccc4)c4ccccc4-5)c4ccccc34)n2)cc1. The van der Waals surface area contributed by atoms with Crippen molar-refractivity contribution < 1.29 is 0 Å². The molecule has 72 heavy (non-hydrogen) atoms. The van der Waals surface area contributed by atoms with Crippen LogP contribution < -0.4 is 0 Å². The highest BCUT2D eigenvalue weighted by atomic mass is 14.9. The van der Waals surface area contributed by atoms with Crippen LogP contribution in [0.25, 0.3) is 78.1 Å². The molecule has 0 spiro atoms. The topological polar surface area (TPSA) is 25.8 Å². The van der Waals surface area contributed by atoms with Crippen molar-refractivity contribution in [3.63, 3.8) is 0 Å². The van der Waals surface area contributed by atoms with E-state index in [0.717, 1.165) is 33.5 Å². The summed E-state index contributed by atoms with van der Waals surface area (Å²) in [6.07, 6.45) is 0. The molecule has 2 heteroatoms. The van der Waals surface area contributed by atoms with Gasteiger partial charge in [-0.05, 0) is 101 Å². The third kappa shape index (κ3) is 6.16. The molecule has 0 bridgehead atoms. The summed E-state index contributed by atoms with van der Waals surface area (Å²) in [5, 5.41) is 2.30. The molecule has 14 rings (SSSR count). The minimum atomic E-state index is -0.531. The van der Waals surface area contributed by atoms with Gasteiger partial charge < -0.3 is 0 Å². The largest absolute Gasteiger partial charge is 0.228 e. The van der Waals surface area contributed by atoms with Crippen LogP contribution in [0.15, 0.2) is 279 Å². The fourth-order valence-electron chi connectivity index (χ4n) is 12.5. The number of nitrogens with zero attached hydrogens (tertiary/aromatic N) is 2. The molecule has 2 aliphatic carbocycles. The average molecular weight is 915 g/mol. The highest BCUT2D eigenvalue weighted by molar-refractivity contribution is 6.06. The van der Waals surface area contributed by atoms with Crippen LogP contribution in [0.2, 0.25) is 0 Å². The third-order valence-electron chi connectivity index (χ3n) is 15.5. The lowest BCUT2D eigenvalue weighted by Gasteiger charge is -2.34. The van der Waals surface area contributed by atoms with E-state index in [4.69, 9.17) is 9.97 Å². The van der Waals surface area contributed by atoms with Crippen molar-refractivity contribution in [2.24, 2.45) is 0 Å². The summed E-state index contributed by atoms with van der Waals surface area (Å²) in [7, 11) is 0. The molecule has 1 heterocycles. The van der Waals surface area contributed by atoms with E-state index in [0.29, 0.717) is 5.82 Å². The van der Waals surface area contributed by atoms with Crippen LogP contribution in [0.5, 0.6) is 0 Å². The number of fused-ring (bicyclic) bond motifs is 7. The number of aromatic nitrogens is 2. The minimum absolute atomic E-state index is 0.495. The second kappa shape index (κ2) is 16.7. The first-order chi connectivity index (χ1) is 35.7. The van der Waals surface area contributed by atoms with Crippen molar-refractivity contribution >= 4 is 10.8 Å². The first-order valence-electron chi connectivity index (χ1n) is 24.9. The van der Waals surface area contributed by atoms with Gasteiger partial charge in [0.15, 0.2) is 5.82 Å². The summed E-state index contributed by atoms with van der Waals surface area (Å²) in [6.45, 7) is 0. The molecule has 0 radical (unpaired) electrons. The van der Waals surface area contributed by atoms with Gasteiger partial charge in [0, 0.05) is 16.7 Å². The Balaban J connectivity index is 0.974. The van der Waals surface area contributed by atoms with Crippen molar-refractivity contribution in [1.82, 2.24) is 9.97 Å². The molecule has 0 unspecified atom stereocenters. The molecule has 12 aromatic rings. The maximum Gasteiger partial charge on any atom is 0.160 e. The fourth-order valence-corrected chi connectivity index (χ4v) is 12.5. The Labute approximate surface area is 420 Å². The molecule has 11 aromatic carbocycles. The van der Waals surface area contributed by atoms with Gasteiger partial charge in [0.1, 0.15) is 0 Å². The Morgan fingerprint density at radius 3 is 1.24 bits per heavy atom. The lowest BCUT2D eigenvalue weighted by atomic mass is 9.67. The Morgan fingerprint density at radius 2 is 0.639 bits per heavy atom. The maximum atomic E-state index is 5.49. The van der Waals surface area contributed by atoms with E-state index in [9.17, 15) is 0 Å². The van der Waals surface area contributed by atoms with Crippen LogP contribution in [0.1, 0.15) is 44.5 Å². The number of rotatable bonds is 8. The Hall–Kier alpha value is -9.24. The van der Waals surface area contributed by atoms with Gasteiger partial charge in [-0.25, -0.2) is 9.97 Å². The van der Waals surface area contributed by atoms with Gasteiger partial charge in [0.25, 0.3) is 0 Å². The predicted octanol–water partition coefficient (Wildman–Crippen LogP) is 17.0. The van der Waals surface area contributed by atoms with Crippen molar-refractivity contribution in [3.05, 3.63) is 324 Å². The van der Waals surface area contributed by atoms with Crippen molar-refractivity contribution in [2.45, 2.75) is 10.8 Å². The second-order valence-electron chi connectivity index (χ2n) is 19.1. The lowest BCUT2D eigenvalue weighted by molar-refractivity contribution is 0.768. The predicted molar refractivity (Wildman–Crippen MR) is 296 cm³/mol. The quantitative estimate of drug-likeness (QED) is 0.152. The van der Waals surface area contributed by atoms with Gasteiger partial charge in [-0.1, -0.05) is 267 Å². The normalized spacial score (nSPS) is 13.5. The molecule has 2 aliphatic rings. The molecule has 0 fully saturated rings. The smallest absolute Gasteiger partial charge is 0.160 e. The summed E-state index contributed by atoms with van der Waals surface area (Å²) in [5.74, 6) is 0.689. The minimum Gasteiger partial charge on any atom is -0.228 e. The van der Waals surface area contributed by atoms with Crippen LogP contribution in [0.3, 0.4) is 0 Å². The Bertz CT molecular complexity index is 3940. The third-order valence-corrected chi connectivity index (χ3v) is 15.5. The van der Waals surface area contributed by atoms with E-state index in [-0.39, 0.29) is 0 Å². The molecule has 0 N–H and O–H groups in total. The zero-order valence-corrected chi connectivity index (χ0v) is 39.5. The monoisotopic (exact) mass is 914 g/mol. The molecule has 0 aliphatic heterocycles. The summed E-state index contributed by atoms with van der Waals surface area (Å²) >= 11 is 0. The maximum absolute atomic E-state index is 5.49. The fraction of sp³-hybridized carbons (Fsp3) is 0.0286. The van der Waals surface area contributed by atoms with Gasteiger partial charge in [0.05, 0.1) is 22.2 Å². The molecular weight excluding hydrogens is 869 g/mol. The summed E-state index contributed by atoms with van der Waals surface area (Å²) in [6, 6.07) is 102. The summed E-state index contributed by atoms with van der Waals surface area (Å²) in [4.78, 5) is 10.9. The van der Waals surface area contributed by atoms with Gasteiger partial charge in [-0.3, -0.25) is 0 Å². The average Bonchev–Trinajstić information content (AvgIpc) is 3.95. The number of benzene rings is 11. The first-order valence-corrected chi connectivity index (χ1v) is 24.9. The first kappa shape index (κ1) is 41.7. The number of hydrogen-bond acceptors (Lipinski definition) is 2. The van der Waals surface area contributed by atoms with Crippen LogP contribution in [0.4, 0.5) is 0 Å². The highest BCUT2D eigenvalue weighted by Crippen LogP contribution is 2.59. The zero-order valence-electron chi connectivity index (χ0n) is 39.5. The van der Waals surface area contributed by atoms with Crippen LogP contribution >= 0.6 is 0 Å². The number of hydrogen-bond donors (Lipinski definition) is 0. The van der Waals surface area contributed by atoms with Crippen LogP contribution in [-0.2, 0) is 10.8 Å². The van der Waals surface area contributed by atoms with E-state index in [1.165, 1.54) is 83.3 Å². The molecule has 0 saturated carbocycles. The van der Waals surface area contributed by atoms with Gasteiger partial charge in [-0.15, -0.1) is 0 Å². The molecule has 0 atom stereocenters. The molecular formula is C70H46N2. The summed E-state index contributed by atoms with van der Waals surface area (Å²) in [5.41, 5.74) is 21.2. The molecule has 0 amide bonds. The molecule has 2 nitrogen and oxygen atoms in total. The Morgan fingerprint density at radius 1 is 0.236 bits per heavy atom. The van der Waals surface area contributed by atoms with Gasteiger partial charge in [-0.2, -0.15) is 0 Å². The zero-order chi connectivity index (χ0) is 47.6. The highest BCUT2D eigenvalue weighted by Gasteiger charge is 2.48. The van der Waals surface area contributed by atoms with Crippen molar-refractivity contribution in [1.29, 1.82) is 0 Å². The van der Waals surface area contributed by atoms with Gasteiger partial charge >= 0.3 is 0 Å². The van der Waals surface area contributed by atoms with Crippen molar-refractivity contribution in [3.8, 4) is 67.3 Å². The van der Waals surface area contributed by atoms with Crippen LogP contribution in [0, 0.1) is 0 Å². The molecule has 336 valence electrons. The van der Waals surface area contributed by atoms with E-state index >= 15 is 0 Å². The van der Waals surface area contributed by atoms with Gasteiger partial charge in [0.2, 0.25) is 0 Å². The molecule has 0 saturated heterocycles. The Kier molecular flexibility index (Phi) is 9.69. The second-order valence-corrected chi connectivity index (χ2v) is 19.1. The molecule has 1 aromatic heterocycles. The van der Waals surface area contributed by atoms with Crippen molar-refractivity contribution in [2.75, 3.05) is 0 Å². The van der Waals surface area contributed by atoms with E-state index < -0.39 is 10.8 Å². The van der Waals surface area contributed by atoms with E-state index in [1.807, 2.05) is 0 Å². The van der Waals surface area contributed by atoms with E-state index in [2.05, 4.69) is 279 Å². The summed E-state index contributed by atoms with van der Waals surface area (Å²) < 4.78 is 0. The van der Waals surface area contributed by atoms with E-state index in [1.54, 1.807) is 0 Å². The lowest BCUT2D eigenvalue weighted by Crippen LogP contribution is -2.28. The van der Waals surface area contributed by atoms with Crippen LogP contribution in [-0.4, -0.2) is 9.97 Å².